The normalized spacial score (nSPS) is 16.9. The summed E-state index contributed by atoms with van der Waals surface area (Å²) in [6.07, 6.45) is 9.20. The van der Waals surface area contributed by atoms with Crippen molar-refractivity contribution in [2.24, 2.45) is 0 Å². The molecule has 0 spiro atoms. The van der Waals surface area contributed by atoms with Gasteiger partial charge in [0.15, 0.2) is 15.6 Å². The van der Waals surface area contributed by atoms with Gasteiger partial charge in [0.05, 0.1) is 16.2 Å². The number of anilines is 2. The van der Waals surface area contributed by atoms with E-state index in [-0.39, 0.29) is 28.7 Å². The Morgan fingerprint density at radius 1 is 1.00 bits per heavy atom. The van der Waals surface area contributed by atoms with Gasteiger partial charge in [-0.1, -0.05) is 30.5 Å². The van der Waals surface area contributed by atoms with Crippen molar-refractivity contribution in [2.75, 3.05) is 30.7 Å². The molecule has 0 unspecified atom stereocenters. The minimum atomic E-state index is -3.36. The summed E-state index contributed by atoms with van der Waals surface area (Å²) in [5, 5.41) is 4.34. The van der Waals surface area contributed by atoms with Gasteiger partial charge in [0, 0.05) is 35.4 Å². The number of nitrogens with one attached hydrogen (secondary N) is 1. The molecule has 4 heterocycles. The molecular weight excluding hydrogens is 600 g/mol. The fourth-order valence-corrected chi connectivity index (χ4v) is 7.68. The summed E-state index contributed by atoms with van der Waals surface area (Å²) in [5.74, 6) is 1.08. The summed E-state index contributed by atoms with van der Waals surface area (Å²) >= 11 is 5.90. The quantitative estimate of drug-likeness (QED) is 0.236. The molecule has 1 saturated carbocycles. The van der Waals surface area contributed by atoms with Crippen molar-refractivity contribution in [2.45, 2.75) is 62.3 Å². The molecule has 0 amide bonds. The molecule has 230 valence electrons. The largest absolute Gasteiger partial charge is 0.309 e. The number of likely N-dealkylation sites (tertiary alicyclic amines) is 1. The van der Waals surface area contributed by atoms with Crippen molar-refractivity contribution in [1.29, 1.82) is 0 Å². The molecule has 1 aromatic carbocycles. The maximum atomic E-state index is 13.3. The lowest BCUT2D eigenvalue weighted by Crippen LogP contribution is -2.36. The molecule has 4 aromatic rings. The van der Waals surface area contributed by atoms with Gasteiger partial charge in [-0.15, -0.1) is 0 Å². The Morgan fingerprint density at radius 2 is 1.73 bits per heavy atom. The van der Waals surface area contributed by atoms with Gasteiger partial charge in [-0.3, -0.25) is 14.2 Å². The fourth-order valence-electron chi connectivity index (χ4n) is 6.27. The van der Waals surface area contributed by atoms with E-state index in [1.54, 1.807) is 41.1 Å². The predicted octanol–water partition coefficient (Wildman–Crippen LogP) is 5.55. The lowest BCUT2D eigenvalue weighted by Gasteiger charge is -2.32. The van der Waals surface area contributed by atoms with Crippen molar-refractivity contribution in [3.63, 3.8) is 0 Å². The highest BCUT2D eigenvalue weighted by molar-refractivity contribution is 7.91. The number of halogens is 1. The van der Waals surface area contributed by atoms with Crippen LogP contribution in [0.25, 0.3) is 11.0 Å². The van der Waals surface area contributed by atoms with E-state index in [1.165, 1.54) is 6.92 Å². The monoisotopic (exact) mass is 634 g/mol. The average Bonchev–Trinajstić information content (AvgIpc) is 3.55. The number of aromatic nitrogens is 4. The van der Waals surface area contributed by atoms with Crippen LogP contribution in [0.15, 0.2) is 64.5 Å². The Kier molecular flexibility index (Phi) is 8.80. The van der Waals surface area contributed by atoms with Gasteiger partial charge in [0.2, 0.25) is 5.95 Å². The first-order chi connectivity index (χ1) is 21.2. The molecular formula is C32H35ClN6O4S. The molecule has 1 saturated heterocycles. The fraction of sp³-hybridized carbons (Fsp3) is 0.406. The third-order valence-electron chi connectivity index (χ3n) is 8.78. The van der Waals surface area contributed by atoms with E-state index in [0.29, 0.717) is 45.2 Å². The molecule has 10 nitrogen and oxygen atoms in total. The number of carbonyl (C=O) groups is 1. The number of hydrogen-bond acceptors (Lipinski definition) is 9. The average molecular weight is 635 g/mol. The van der Waals surface area contributed by atoms with Gasteiger partial charge in [-0.25, -0.2) is 18.4 Å². The van der Waals surface area contributed by atoms with E-state index in [9.17, 15) is 18.0 Å². The van der Waals surface area contributed by atoms with Crippen molar-refractivity contribution in [1.82, 2.24) is 24.4 Å². The van der Waals surface area contributed by atoms with Gasteiger partial charge >= 0.3 is 0 Å². The smallest absolute Gasteiger partial charge is 0.263 e. The second kappa shape index (κ2) is 12.7. The number of sulfone groups is 1. The summed E-state index contributed by atoms with van der Waals surface area (Å²) < 4.78 is 27.1. The Morgan fingerprint density at radius 3 is 2.39 bits per heavy atom. The standard InChI is InChI=1S/C32H35ClN6O4S/c1-21(40)28-18-24-20-35-32(37-30(24)39(31(28)41)26-4-2-3-5-26)36-29-11-6-23(19-34-29)22-12-14-38(15-13-22)16-17-44(42,43)27-9-7-25(33)8-10-27/h6-11,18-20,22,26H,2-5,12-17H2,1H3,(H,34,35,36,37). The third-order valence-corrected chi connectivity index (χ3v) is 10.7. The molecule has 6 rings (SSSR count). The van der Waals surface area contributed by atoms with Crippen molar-refractivity contribution < 1.29 is 13.2 Å². The Labute approximate surface area is 261 Å². The van der Waals surface area contributed by atoms with E-state index in [1.807, 2.05) is 12.3 Å². The zero-order chi connectivity index (χ0) is 30.8. The number of piperidine rings is 1. The highest BCUT2D eigenvalue weighted by atomic mass is 35.5. The van der Waals surface area contributed by atoms with E-state index in [4.69, 9.17) is 11.6 Å². The maximum Gasteiger partial charge on any atom is 0.263 e. The molecule has 2 aliphatic rings. The van der Waals surface area contributed by atoms with Gasteiger partial charge < -0.3 is 10.2 Å². The van der Waals surface area contributed by atoms with Crippen LogP contribution in [0.1, 0.15) is 73.3 Å². The summed E-state index contributed by atoms with van der Waals surface area (Å²) in [4.78, 5) is 41.7. The minimum absolute atomic E-state index is 0.0174. The Hall–Kier alpha value is -3.67. The molecule has 44 heavy (non-hydrogen) atoms. The maximum absolute atomic E-state index is 13.3. The number of fused-ring (bicyclic) bond motifs is 1. The van der Waals surface area contributed by atoms with Crippen LogP contribution in [-0.2, 0) is 9.84 Å². The molecule has 2 fully saturated rings. The minimum Gasteiger partial charge on any atom is -0.309 e. The van der Waals surface area contributed by atoms with Crippen molar-refractivity contribution >= 4 is 50.0 Å². The summed E-state index contributed by atoms with van der Waals surface area (Å²) in [5.41, 5.74) is 1.53. The number of benzene rings is 1. The molecule has 0 bridgehead atoms. The van der Waals surface area contributed by atoms with Crippen molar-refractivity contribution in [3.8, 4) is 0 Å². The summed E-state index contributed by atoms with van der Waals surface area (Å²) in [7, 11) is -3.36. The zero-order valence-electron chi connectivity index (χ0n) is 24.6. The van der Waals surface area contributed by atoms with Crippen molar-refractivity contribution in [3.05, 3.63) is 81.4 Å². The SMILES string of the molecule is CC(=O)c1cc2cnc(Nc3ccc(C4CCN(CCS(=O)(=O)c5ccc(Cl)cc5)CC4)cn3)nc2n(C2CCCC2)c1=O. The number of hydrogen-bond donors (Lipinski definition) is 1. The van der Waals surface area contributed by atoms with Crippen LogP contribution in [0.5, 0.6) is 0 Å². The molecule has 1 N–H and O–H groups in total. The van der Waals surface area contributed by atoms with Gasteiger partial charge in [-0.2, -0.15) is 4.98 Å². The van der Waals surface area contributed by atoms with Crippen LogP contribution in [0.3, 0.4) is 0 Å². The highest BCUT2D eigenvalue weighted by Crippen LogP contribution is 2.31. The number of nitrogens with zero attached hydrogens (tertiary/aromatic N) is 5. The second-order valence-electron chi connectivity index (χ2n) is 11.7. The van der Waals surface area contributed by atoms with Gasteiger partial charge in [0.25, 0.3) is 5.56 Å². The molecule has 1 aliphatic carbocycles. The van der Waals surface area contributed by atoms with Crippen LogP contribution in [0.2, 0.25) is 5.02 Å². The first-order valence-corrected chi connectivity index (χ1v) is 17.1. The van der Waals surface area contributed by atoms with E-state index in [0.717, 1.165) is 57.2 Å². The molecule has 0 radical (unpaired) electrons. The number of carbonyl (C=O) groups excluding carboxylic acids is 1. The zero-order valence-corrected chi connectivity index (χ0v) is 26.1. The molecule has 0 atom stereocenters. The molecule has 1 aliphatic heterocycles. The number of ketones is 1. The first-order valence-electron chi connectivity index (χ1n) is 15.0. The van der Waals surface area contributed by atoms with Gasteiger partial charge in [0.1, 0.15) is 11.5 Å². The molecule has 12 heteroatoms. The second-order valence-corrected chi connectivity index (χ2v) is 14.2. The van der Waals surface area contributed by atoms with Crippen LogP contribution in [0, 0.1) is 0 Å². The van der Waals surface area contributed by atoms with E-state index < -0.39 is 9.84 Å². The van der Waals surface area contributed by atoms with Crippen LogP contribution >= 0.6 is 11.6 Å². The summed E-state index contributed by atoms with van der Waals surface area (Å²) in [6, 6.07) is 11.9. The number of Topliss-reactive ketones (excluding diaryl/α,β-unsaturated/α-hetero) is 1. The van der Waals surface area contributed by atoms with E-state index in [2.05, 4.69) is 31.2 Å². The first kappa shape index (κ1) is 30.4. The van der Waals surface area contributed by atoms with Crippen LogP contribution in [0.4, 0.5) is 11.8 Å². The third kappa shape index (κ3) is 6.55. The lowest BCUT2D eigenvalue weighted by atomic mass is 9.90. The number of pyridine rings is 2. The predicted molar refractivity (Wildman–Crippen MR) is 171 cm³/mol. The van der Waals surface area contributed by atoms with Crippen LogP contribution in [-0.4, -0.2) is 64.0 Å². The number of rotatable bonds is 9. The highest BCUT2D eigenvalue weighted by Gasteiger charge is 2.25. The topological polar surface area (TPSA) is 127 Å². The van der Waals surface area contributed by atoms with Crippen LogP contribution < -0.4 is 10.9 Å². The lowest BCUT2D eigenvalue weighted by molar-refractivity contribution is 0.101. The summed E-state index contributed by atoms with van der Waals surface area (Å²) in [6.45, 7) is 3.54. The van der Waals surface area contributed by atoms with Gasteiger partial charge in [-0.05, 0) is 93.6 Å². The van der Waals surface area contributed by atoms with E-state index >= 15 is 0 Å². The Bertz CT molecular complexity index is 1830. The Balaban J connectivity index is 1.09. The molecule has 3 aromatic heterocycles.